The van der Waals surface area contributed by atoms with Crippen LogP contribution < -0.4 is 5.32 Å². The van der Waals surface area contributed by atoms with Crippen LogP contribution in [0.2, 0.25) is 0 Å². The summed E-state index contributed by atoms with van der Waals surface area (Å²) in [5.41, 5.74) is 2.68. The number of imidazole rings is 1. The Kier molecular flexibility index (Phi) is 4.39. The van der Waals surface area contributed by atoms with Crippen molar-refractivity contribution in [2.45, 2.75) is 38.1 Å². The Morgan fingerprint density at radius 2 is 1.96 bits per heavy atom. The molecule has 7 heteroatoms. The molecule has 2 fully saturated rings. The van der Waals surface area contributed by atoms with E-state index >= 15 is 0 Å². The Morgan fingerprint density at radius 1 is 1.18 bits per heavy atom. The molecule has 1 atom stereocenters. The third kappa shape index (κ3) is 3.20. The fraction of sp³-hybridized carbons (Fsp3) is 0.381. The van der Waals surface area contributed by atoms with Crippen molar-refractivity contribution in [1.29, 1.82) is 0 Å². The van der Waals surface area contributed by atoms with E-state index in [1.165, 1.54) is 12.8 Å². The topological polar surface area (TPSA) is 66.7 Å². The van der Waals surface area contributed by atoms with E-state index in [0.29, 0.717) is 19.0 Å². The number of amides is 2. The minimum atomic E-state index is -0.257. The maximum absolute atomic E-state index is 12.7. The lowest BCUT2D eigenvalue weighted by molar-refractivity contribution is -0.129. The van der Waals surface area contributed by atoms with Gasteiger partial charge in [-0.3, -0.25) is 14.0 Å². The lowest BCUT2D eigenvalue weighted by atomic mass is 10.1. The van der Waals surface area contributed by atoms with Gasteiger partial charge in [-0.15, -0.1) is 11.3 Å². The summed E-state index contributed by atoms with van der Waals surface area (Å²) < 4.78 is 2.00. The van der Waals surface area contributed by atoms with Gasteiger partial charge in [-0.1, -0.05) is 25.0 Å². The van der Waals surface area contributed by atoms with E-state index in [0.717, 1.165) is 34.7 Å². The maximum atomic E-state index is 12.7. The van der Waals surface area contributed by atoms with Crippen molar-refractivity contribution >= 4 is 33.8 Å². The van der Waals surface area contributed by atoms with Crippen LogP contribution in [0.3, 0.4) is 0 Å². The Morgan fingerprint density at radius 3 is 2.71 bits per heavy atom. The number of likely N-dealkylation sites (tertiary alicyclic amines) is 1. The second-order valence-corrected chi connectivity index (χ2v) is 8.54. The van der Waals surface area contributed by atoms with Crippen molar-refractivity contribution in [3.63, 3.8) is 0 Å². The molecule has 0 bridgehead atoms. The van der Waals surface area contributed by atoms with Gasteiger partial charge in [0.2, 0.25) is 11.8 Å². The zero-order valence-corrected chi connectivity index (χ0v) is 16.3. The Bertz CT molecular complexity index is 988. The fourth-order valence-corrected chi connectivity index (χ4v) is 5.01. The Balaban J connectivity index is 1.24. The van der Waals surface area contributed by atoms with Crippen molar-refractivity contribution in [1.82, 2.24) is 14.3 Å². The minimum Gasteiger partial charge on any atom is -0.339 e. The van der Waals surface area contributed by atoms with Gasteiger partial charge in [-0.05, 0) is 25.0 Å². The van der Waals surface area contributed by atoms with Crippen molar-refractivity contribution in [2.24, 2.45) is 5.92 Å². The number of carbonyl (C=O) groups excluding carboxylic acids is 2. The molecule has 0 spiro atoms. The van der Waals surface area contributed by atoms with E-state index in [1.54, 1.807) is 11.3 Å². The van der Waals surface area contributed by atoms with Crippen molar-refractivity contribution in [2.75, 3.05) is 11.9 Å². The molecule has 2 aliphatic rings. The van der Waals surface area contributed by atoms with Crippen LogP contribution >= 0.6 is 11.3 Å². The van der Waals surface area contributed by atoms with Gasteiger partial charge in [0.25, 0.3) is 0 Å². The number of nitrogens with zero attached hydrogens (tertiary/aromatic N) is 3. The molecule has 0 radical (unpaired) electrons. The van der Waals surface area contributed by atoms with Crippen LogP contribution in [-0.2, 0) is 9.59 Å². The third-order valence-electron chi connectivity index (χ3n) is 5.84. The number of fused-ring (bicyclic) bond motifs is 1. The first-order valence-electron chi connectivity index (χ1n) is 9.80. The van der Waals surface area contributed by atoms with Gasteiger partial charge in [-0.2, -0.15) is 0 Å². The predicted molar refractivity (Wildman–Crippen MR) is 109 cm³/mol. The number of hydrogen-bond donors (Lipinski definition) is 1. The summed E-state index contributed by atoms with van der Waals surface area (Å²) in [4.78, 5) is 32.5. The highest BCUT2D eigenvalue weighted by Gasteiger charge is 2.38. The first-order chi connectivity index (χ1) is 13.7. The zero-order chi connectivity index (χ0) is 19.1. The zero-order valence-electron chi connectivity index (χ0n) is 15.5. The van der Waals surface area contributed by atoms with Gasteiger partial charge >= 0.3 is 0 Å². The molecule has 28 heavy (non-hydrogen) atoms. The predicted octanol–water partition coefficient (Wildman–Crippen LogP) is 3.79. The number of thiazole rings is 1. The third-order valence-corrected chi connectivity index (χ3v) is 6.61. The number of nitrogens with one attached hydrogen (secondary N) is 1. The number of anilines is 1. The van der Waals surface area contributed by atoms with Gasteiger partial charge < -0.3 is 10.2 Å². The molecule has 144 valence electrons. The van der Waals surface area contributed by atoms with Crippen LogP contribution in [0.25, 0.3) is 16.2 Å². The number of benzene rings is 1. The standard InChI is InChI=1S/C21H22N4O2S/c26-19-11-15(12-25(19)17-3-1-2-4-17)20(27)22-16-7-5-14(6-8-16)18-13-24-9-10-28-21(24)23-18/h5-10,13,15,17H,1-4,11-12H2,(H,22,27)/t15-/m0/s1. The molecule has 1 saturated heterocycles. The molecule has 5 rings (SSSR count). The average molecular weight is 395 g/mol. The van der Waals surface area contributed by atoms with E-state index in [9.17, 15) is 9.59 Å². The van der Waals surface area contributed by atoms with E-state index in [-0.39, 0.29) is 17.7 Å². The van der Waals surface area contributed by atoms with Crippen LogP contribution in [0, 0.1) is 5.92 Å². The molecule has 3 heterocycles. The lowest BCUT2D eigenvalue weighted by Crippen LogP contribution is -2.35. The monoisotopic (exact) mass is 394 g/mol. The van der Waals surface area contributed by atoms with Crippen LogP contribution in [0.1, 0.15) is 32.1 Å². The lowest BCUT2D eigenvalue weighted by Gasteiger charge is -2.23. The van der Waals surface area contributed by atoms with E-state index in [2.05, 4.69) is 10.3 Å². The molecule has 2 amide bonds. The van der Waals surface area contributed by atoms with Crippen molar-refractivity contribution in [3.05, 3.63) is 42.0 Å². The molecular weight excluding hydrogens is 372 g/mol. The molecule has 1 saturated carbocycles. The summed E-state index contributed by atoms with van der Waals surface area (Å²) in [6.07, 6.45) is 8.84. The van der Waals surface area contributed by atoms with Gasteiger partial charge in [0, 0.05) is 48.0 Å². The highest BCUT2D eigenvalue weighted by Crippen LogP contribution is 2.30. The summed E-state index contributed by atoms with van der Waals surface area (Å²) in [7, 11) is 0. The molecule has 1 N–H and O–H groups in total. The maximum Gasteiger partial charge on any atom is 0.229 e. The van der Waals surface area contributed by atoms with Gasteiger partial charge in [-0.25, -0.2) is 4.98 Å². The van der Waals surface area contributed by atoms with E-state index in [4.69, 9.17) is 0 Å². The highest BCUT2D eigenvalue weighted by molar-refractivity contribution is 7.15. The average Bonchev–Trinajstić information content (AvgIpc) is 3.45. The first kappa shape index (κ1) is 17.4. The first-order valence-corrected chi connectivity index (χ1v) is 10.7. The van der Waals surface area contributed by atoms with Crippen molar-refractivity contribution in [3.8, 4) is 11.3 Å². The summed E-state index contributed by atoms with van der Waals surface area (Å²) in [5.74, 6) is -0.195. The molecular formula is C21H22N4O2S. The quantitative estimate of drug-likeness (QED) is 0.732. The normalized spacial score (nSPS) is 20.4. The fourth-order valence-electron chi connectivity index (χ4n) is 4.31. The Hall–Kier alpha value is -2.67. The number of rotatable bonds is 4. The Labute approximate surface area is 167 Å². The number of carbonyl (C=O) groups is 2. The van der Waals surface area contributed by atoms with Gasteiger partial charge in [0.1, 0.15) is 0 Å². The molecule has 3 aromatic rings. The molecule has 1 aromatic carbocycles. The van der Waals surface area contributed by atoms with Crippen LogP contribution in [0.5, 0.6) is 0 Å². The summed E-state index contributed by atoms with van der Waals surface area (Å²) in [6.45, 7) is 0.554. The number of hydrogen-bond acceptors (Lipinski definition) is 4. The van der Waals surface area contributed by atoms with Gasteiger partial charge in [0.15, 0.2) is 4.96 Å². The highest BCUT2D eigenvalue weighted by atomic mass is 32.1. The smallest absolute Gasteiger partial charge is 0.229 e. The molecule has 2 aromatic heterocycles. The molecule has 0 unspecified atom stereocenters. The molecule has 1 aliphatic heterocycles. The van der Waals surface area contributed by atoms with Crippen LogP contribution in [0.15, 0.2) is 42.0 Å². The van der Waals surface area contributed by atoms with E-state index < -0.39 is 0 Å². The minimum absolute atomic E-state index is 0.0656. The second kappa shape index (κ2) is 7.05. The largest absolute Gasteiger partial charge is 0.339 e. The van der Waals surface area contributed by atoms with Crippen LogP contribution in [0.4, 0.5) is 5.69 Å². The summed E-state index contributed by atoms with van der Waals surface area (Å²) in [6, 6.07) is 8.06. The van der Waals surface area contributed by atoms with Gasteiger partial charge in [0.05, 0.1) is 11.6 Å². The summed E-state index contributed by atoms with van der Waals surface area (Å²) in [5, 5.41) is 4.98. The van der Waals surface area contributed by atoms with E-state index in [1.807, 2.05) is 51.3 Å². The number of aromatic nitrogens is 2. The van der Waals surface area contributed by atoms with Crippen LogP contribution in [-0.4, -0.2) is 38.7 Å². The second-order valence-electron chi connectivity index (χ2n) is 7.67. The SMILES string of the molecule is O=C(Nc1ccc(-c2cn3ccsc3n2)cc1)[C@H]1CC(=O)N(C2CCCC2)C1. The molecule has 6 nitrogen and oxygen atoms in total. The summed E-state index contributed by atoms with van der Waals surface area (Å²) >= 11 is 1.60. The van der Waals surface area contributed by atoms with Crippen molar-refractivity contribution < 1.29 is 9.59 Å². The molecule has 1 aliphatic carbocycles.